The van der Waals surface area contributed by atoms with Gasteiger partial charge in [-0.25, -0.2) is 4.39 Å². The highest BCUT2D eigenvalue weighted by molar-refractivity contribution is 4.88. The molecule has 6 heteroatoms. The quantitative estimate of drug-likeness (QED) is 0.368. The molecule has 0 spiro atoms. The molecule has 4 N–H and O–H groups in total. The Labute approximate surface area is 68.0 Å². The molecule has 0 saturated carbocycles. The Bertz CT molecular complexity index is 150. The minimum Gasteiger partial charge on any atom is -0.387 e. The first-order valence-electron chi connectivity index (χ1n) is 3.51. The van der Waals surface area contributed by atoms with Gasteiger partial charge >= 0.3 is 0 Å². The summed E-state index contributed by atoms with van der Waals surface area (Å²) < 4.78 is 16.5. The van der Waals surface area contributed by atoms with E-state index in [1.54, 1.807) is 0 Å². The summed E-state index contributed by atoms with van der Waals surface area (Å²) >= 11 is 0. The number of aliphatic hydroxyl groups is 4. The van der Waals surface area contributed by atoms with Crippen molar-refractivity contribution in [3.05, 3.63) is 0 Å². The van der Waals surface area contributed by atoms with Crippen LogP contribution in [0, 0.1) is 0 Å². The van der Waals surface area contributed by atoms with Crippen LogP contribution in [-0.4, -0.2) is 57.8 Å². The fraction of sp³-hybridized carbons (Fsp3) is 1.00. The summed E-state index contributed by atoms with van der Waals surface area (Å²) in [6.45, 7) is -1.03. The number of hydrogen-bond donors (Lipinski definition) is 4. The molecule has 0 aliphatic carbocycles. The minimum absolute atomic E-state index is 1.03. The van der Waals surface area contributed by atoms with Gasteiger partial charge in [0.1, 0.15) is 31.1 Å². The zero-order valence-electron chi connectivity index (χ0n) is 6.17. The molecule has 1 heterocycles. The second kappa shape index (κ2) is 3.63. The van der Waals surface area contributed by atoms with Crippen molar-refractivity contribution >= 4 is 0 Å². The number of hydrogen-bond acceptors (Lipinski definition) is 5. The van der Waals surface area contributed by atoms with E-state index in [1.165, 1.54) is 0 Å². The largest absolute Gasteiger partial charge is 0.387 e. The van der Waals surface area contributed by atoms with Crippen molar-refractivity contribution in [3.63, 3.8) is 0 Å². The molecule has 72 valence electrons. The zero-order chi connectivity index (χ0) is 9.30. The molecule has 1 rings (SSSR count). The van der Waals surface area contributed by atoms with Gasteiger partial charge in [-0.15, -0.1) is 0 Å². The van der Waals surface area contributed by atoms with Gasteiger partial charge in [0.2, 0.25) is 0 Å². The van der Waals surface area contributed by atoms with E-state index >= 15 is 0 Å². The van der Waals surface area contributed by atoms with Gasteiger partial charge in [0.15, 0.2) is 6.29 Å². The first-order valence-corrected chi connectivity index (χ1v) is 3.51. The van der Waals surface area contributed by atoms with E-state index < -0.39 is 37.4 Å². The summed E-state index contributed by atoms with van der Waals surface area (Å²) in [6, 6.07) is 0. The van der Waals surface area contributed by atoms with Crippen molar-refractivity contribution in [2.45, 2.75) is 30.7 Å². The standard InChI is InChI=1S/C6H11FO5/c7-1-2-3(8)4(9)5(10)6(11)12-2/h2-6,8-11H,1H2/t2-,3-,4+,5+,6+/m1/s1. The van der Waals surface area contributed by atoms with Crippen LogP contribution in [0.2, 0.25) is 0 Å². The Hall–Kier alpha value is -0.270. The maximum atomic E-state index is 12.0. The summed E-state index contributed by atoms with van der Waals surface area (Å²) in [7, 11) is 0. The topological polar surface area (TPSA) is 90.2 Å². The summed E-state index contributed by atoms with van der Waals surface area (Å²) in [5.41, 5.74) is 0. The van der Waals surface area contributed by atoms with Crippen LogP contribution < -0.4 is 0 Å². The highest BCUT2D eigenvalue weighted by Crippen LogP contribution is 2.19. The van der Waals surface area contributed by atoms with Crippen LogP contribution in [0.5, 0.6) is 0 Å². The number of alkyl halides is 1. The lowest BCUT2D eigenvalue weighted by Gasteiger charge is -2.37. The van der Waals surface area contributed by atoms with Crippen LogP contribution in [-0.2, 0) is 4.74 Å². The smallest absolute Gasteiger partial charge is 0.184 e. The molecular weight excluding hydrogens is 171 g/mol. The van der Waals surface area contributed by atoms with Crippen LogP contribution in [0.25, 0.3) is 0 Å². The maximum Gasteiger partial charge on any atom is 0.184 e. The second-order valence-electron chi connectivity index (χ2n) is 2.69. The fourth-order valence-electron chi connectivity index (χ4n) is 1.06. The Morgan fingerprint density at radius 3 is 2.08 bits per heavy atom. The van der Waals surface area contributed by atoms with Gasteiger partial charge in [-0.1, -0.05) is 0 Å². The van der Waals surface area contributed by atoms with Gasteiger partial charge < -0.3 is 25.2 Å². The van der Waals surface area contributed by atoms with Crippen LogP contribution in [0.1, 0.15) is 0 Å². The SMILES string of the molecule is O[C@@H]1[C@H](O)[C@@H](O)O[C@H](CF)[C@H]1O. The lowest BCUT2D eigenvalue weighted by Crippen LogP contribution is -2.58. The van der Waals surface area contributed by atoms with Gasteiger partial charge in [-0.3, -0.25) is 0 Å². The third-order valence-electron chi connectivity index (χ3n) is 1.84. The van der Waals surface area contributed by atoms with Crippen LogP contribution in [0.4, 0.5) is 4.39 Å². The molecule has 0 amide bonds. The maximum absolute atomic E-state index is 12.0. The van der Waals surface area contributed by atoms with E-state index in [9.17, 15) is 4.39 Å². The first kappa shape index (κ1) is 9.82. The third-order valence-corrected chi connectivity index (χ3v) is 1.84. The molecule has 1 saturated heterocycles. The van der Waals surface area contributed by atoms with Crippen molar-refractivity contribution in [1.29, 1.82) is 0 Å². The van der Waals surface area contributed by atoms with Crippen molar-refractivity contribution in [1.82, 2.24) is 0 Å². The van der Waals surface area contributed by atoms with E-state index in [-0.39, 0.29) is 0 Å². The summed E-state index contributed by atoms with van der Waals surface area (Å²) in [5.74, 6) is 0. The monoisotopic (exact) mass is 182 g/mol. The summed E-state index contributed by atoms with van der Waals surface area (Å²) in [4.78, 5) is 0. The van der Waals surface area contributed by atoms with Crippen molar-refractivity contribution in [2.75, 3.05) is 6.67 Å². The van der Waals surface area contributed by atoms with Crippen LogP contribution in [0.15, 0.2) is 0 Å². The molecule has 1 aliphatic rings. The minimum atomic E-state index is -1.65. The van der Waals surface area contributed by atoms with Gasteiger partial charge in [-0.2, -0.15) is 0 Å². The summed E-state index contributed by atoms with van der Waals surface area (Å²) in [6.07, 6.45) is -7.60. The van der Waals surface area contributed by atoms with E-state index in [1.807, 2.05) is 0 Å². The normalized spacial score (nSPS) is 49.2. The molecule has 0 radical (unpaired) electrons. The lowest BCUT2D eigenvalue weighted by molar-refractivity contribution is -0.283. The molecule has 1 fully saturated rings. The average molecular weight is 182 g/mol. The second-order valence-corrected chi connectivity index (χ2v) is 2.69. The third kappa shape index (κ3) is 1.57. The van der Waals surface area contributed by atoms with Crippen molar-refractivity contribution < 1.29 is 29.6 Å². The first-order chi connectivity index (χ1) is 5.57. The molecule has 5 nitrogen and oxygen atoms in total. The predicted molar refractivity (Wildman–Crippen MR) is 34.9 cm³/mol. The van der Waals surface area contributed by atoms with Gasteiger partial charge in [0, 0.05) is 0 Å². The molecule has 0 unspecified atom stereocenters. The molecule has 0 bridgehead atoms. The molecular formula is C6H11FO5. The molecule has 0 aromatic carbocycles. The van der Waals surface area contributed by atoms with E-state index in [0.717, 1.165) is 0 Å². The zero-order valence-corrected chi connectivity index (χ0v) is 6.17. The van der Waals surface area contributed by atoms with Crippen LogP contribution in [0.3, 0.4) is 0 Å². The van der Waals surface area contributed by atoms with Gasteiger partial charge in [-0.05, 0) is 0 Å². The Morgan fingerprint density at radius 1 is 1.00 bits per heavy atom. The Balaban J connectivity index is 2.63. The fourth-order valence-corrected chi connectivity index (χ4v) is 1.06. The van der Waals surface area contributed by atoms with Gasteiger partial charge in [0.05, 0.1) is 0 Å². The molecule has 1 aliphatic heterocycles. The molecule has 5 atom stereocenters. The number of ether oxygens (including phenoxy) is 1. The highest BCUT2D eigenvalue weighted by atomic mass is 19.1. The van der Waals surface area contributed by atoms with Crippen molar-refractivity contribution in [3.8, 4) is 0 Å². The average Bonchev–Trinajstić information content (AvgIpc) is 2.08. The van der Waals surface area contributed by atoms with Gasteiger partial charge in [0.25, 0.3) is 0 Å². The molecule has 12 heavy (non-hydrogen) atoms. The summed E-state index contributed by atoms with van der Waals surface area (Å²) in [5, 5.41) is 35.8. The predicted octanol–water partition coefficient (Wildman–Crippen LogP) is -2.24. The number of aliphatic hydroxyl groups excluding tert-OH is 4. The van der Waals surface area contributed by atoms with E-state index in [0.29, 0.717) is 0 Å². The molecule has 0 aromatic heterocycles. The molecule has 0 aromatic rings. The van der Waals surface area contributed by atoms with E-state index in [2.05, 4.69) is 4.74 Å². The van der Waals surface area contributed by atoms with Crippen molar-refractivity contribution in [2.24, 2.45) is 0 Å². The Kier molecular flexibility index (Phi) is 2.97. The van der Waals surface area contributed by atoms with Crippen LogP contribution >= 0.6 is 0 Å². The highest BCUT2D eigenvalue weighted by Gasteiger charge is 2.42. The lowest BCUT2D eigenvalue weighted by atomic mass is 10.00. The number of rotatable bonds is 1. The number of halogens is 1. The Morgan fingerprint density at radius 2 is 1.58 bits per heavy atom. The van der Waals surface area contributed by atoms with E-state index in [4.69, 9.17) is 20.4 Å².